The van der Waals surface area contributed by atoms with E-state index in [0.29, 0.717) is 0 Å². The number of ether oxygens (including phenoxy) is 1. The number of benzene rings is 2. The number of fused-ring (bicyclic) bond motifs is 1. The van der Waals surface area contributed by atoms with Gasteiger partial charge in [0.05, 0.1) is 4.90 Å². The van der Waals surface area contributed by atoms with Gasteiger partial charge in [-0.2, -0.15) is 4.72 Å². The van der Waals surface area contributed by atoms with Crippen molar-refractivity contribution in [1.29, 1.82) is 0 Å². The molecule has 7 heteroatoms. The van der Waals surface area contributed by atoms with E-state index in [1.807, 2.05) is 31.2 Å². The zero-order valence-electron chi connectivity index (χ0n) is 13.8. The molecule has 0 amide bonds. The molecule has 130 valence electrons. The second-order valence-electron chi connectivity index (χ2n) is 5.80. The Labute approximate surface area is 145 Å². The van der Waals surface area contributed by atoms with Crippen LogP contribution in [0.4, 0.5) is 0 Å². The average Bonchev–Trinajstić information content (AvgIpc) is 2.97. The quantitative estimate of drug-likeness (QED) is 0.687. The molecule has 2 N–H and O–H groups in total. The molecule has 1 unspecified atom stereocenters. The van der Waals surface area contributed by atoms with E-state index in [4.69, 9.17) is 4.74 Å². The van der Waals surface area contributed by atoms with Crippen LogP contribution in [-0.4, -0.2) is 25.4 Å². The molecule has 3 rings (SSSR count). The summed E-state index contributed by atoms with van der Waals surface area (Å²) in [5.41, 5.74) is 1.78. The van der Waals surface area contributed by atoms with Crippen molar-refractivity contribution >= 4 is 26.9 Å². The molecule has 0 saturated heterocycles. The third-order valence-corrected chi connectivity index (χ3v) is 5.29. The van der Waals surface area contributed by atoms with E-state index in [0.717, 1.165) is 16.5 Å². The van der Waals surface area contributed by atoms with Crippen molar-refractivity contribution < 1.29 is 17.9 Å². The minimum Gasteiger partial charge on any atom is -0.408 e. The van der Waals surface area contributed by atoms with Crippen molar-refractivity contribution in [3.05, 3.63) is 60.2 Å². The maximum Gasteiger partial charge on any atom is 0.330 e. The fourth-order valence-corrected chi connectivity index (χ4v) is 3.56. The van der Waals surface area contributed by atoms with Crippen LogP contribution in [0.25, 0.3) is 10.9 Å². The second kappa shape index (κ2) is 6.70. The molecule has 0 fully saturated rings. The summed E-state index contributed by atoms with van der Waals surface area (Å²) in [6.07, 6.45) is 0. The number of rotatable bonds is 5. The van der Waals surface area contributed by atoms with E-state index < -0.39 is 22.0 Å². The van der Waals surface area contributed by atoms with Gasteiger partial charge in [-0.15, -0.1) is 0 Å². The fraction of sp³-hybridized carbons (Fsp3) is 0.167. The number of para-hydroxylation sites is 1. The standard InChI is InChI=1S/C18H18N2O4S/c1-12-7-9-15(10-8-12)25(22,23)20-13(2)18(21)24-17-11-14-5-3-4-6-16(14)19-17/h3-11,13,19-20H,1-2H3. The van der Waals surface area contributed by atoms with Crippen molar-refractivity contribution in [2.24, 2.45) is 0 Å². The molecule has 3 aromatic rings. The van der Waals surface area contributed by atoms with Gasteiger partial charge in [0.25, 0.3) is 0 Å². The molecule has 0 aliphatic rings. The van der Waals surface area contributed by atoms with E-state index in [9.17, 15) is 13.2 Å². The third-order valence-electron chi connectivity index (χ3n) is 3.73. The average molecular weight is 358 g/mol. The number of H-pyrrole nitrogens is 1. The molecule has 0 aliphatic heterocycles. The molecule has 2 aromatic carbocycles. The van der Waals surface area contributed by atoms with Gasteiger partial charge < -0.3 is 9.72 Å². The van der Waals surface area contributed by atoms with Crippen molar-refractivity contribution in [3.63, 3.8) is 0 Å². The summed E-state index contributed by atoms with van der Waals surface area (Å²) >= 11 is 0. The van der Waals surface area contributed by atoms with Crippen molar-refractivity contribution in [2.75, 3.05) is 0 Å². The Kier molecular flexibility index (Phi) is 4.61. The zero-order chi connectivity index (χ0) is 18.0. The molecule has 0 saturated carbocycles. The topological polar surface area (TPSA) is 88.3 Å². The lowest BCUT2D eigenvalue weighted by atomic mass is 10.2. The largest absolute Gasteiger partial charge is 0.408 e. The van der Waals surface area contributed by atoms with E-state index in [2.05, 4.69) is 9.71 Å². The van der Waals surface area contributed by atoms with Gasteiger partial charge in [-0.25, -0.2) is 13.2 Å². The van der Waals surface area contributed by atoms with E-state index in [-0.39, 0.29) is 10.8 Å². The highest BCUT2D eigenvalue weighted by molar-refractivity contribution is 7.89. The Morgan fingerprint density at radius 3 is 2.48 bits per heavy atom. The molecule has 0 aliphatic carbocycles. The summed E-state index contributed by atoms with van der Waals surface area (Å²) in [7, 11) is -3.80. The molecule has 1 heterocycles. The van der Waals surface area contributed by atoms with Gasteiger partial charge in [0.2, 0.25) is 15.9 Å². The van der Waals surface area contributed by atoms with Crippen LogP contribution in [-0.2, 0) is 14.8 Å². The summed E-state index contributed by atoms with van der Waals surface area (Å²) in [6.45, 7) is 3.31. The lowest BCUT2D eigenvalue weighted by molar-refractivity contribution is -0.136. The summed E-state index contributed by atoms with van der Waals surface area (Å²) < 4.78 is 32.2. The number of aryl methyl sites for hydroxylation is 1. The molecule has 0 bridgehead atoms. The van der Waals surface area contributed by atoms with Gasteiger partial charge in [-0.3, -0.25) is 0 Å². The van der Waals surface area contributed by atoms with Crippen molar-refractivity contribution in [1.82, 2.24) is 9.71 Å². The Balaban J connectivity index is 1.70. The molecular formula is C18H18N2O4S. The lowest BCUT2D eigenvalue weighted by Gasteiger charge is -2.13. The predicted molar refractivity (Wildman–Crippen MR) is 94.9 cm³/mol. The van der Waals surface area contributed by atoms with Gasteiger partial charge in [0.15, 0.2) is 0 Å². The maximum absolute atomic E-state index is 12.3. The van der Waals surface area contributed by atoms with Crippen LogP contribution in [0.5, 0.6) is 5.88 Å². The normalized spacial score (nSPS) is 12.9. The zero-order valence-corrected chi connectivity index (χ0v) is 14.6. The molecule has 1 aromatic heterocycles. The van der Waals surface area contributed by atoms with Crippen LogP contribution in [0.3, 0.4) is 0 Å². The number of hydrogen-bond donors (Lipinski definition) is 2. The number of hydrogen-bond acceptors (Lipinski definition) is 4. The number of carbonyl (C=O) groups is 1. The van der Waals surface area contributed by atoms with Gasteiger partial charge in [-0.05, 0) is 32.0 Å². The lowest BCUT2D eigenvalue weighted by Crippen LogP contribution is -2.40. The number of esters is 1. The van der Waals surface area contributed by atoms with Crippen molar-refractivity contribution in [3.8, 4) is 5.88 Å². The fourth-order valence-electron chi connectivity index (χ4n) is 2.36. The SMILES string of the molecule is Cc1ccc(S(=O)(=O)NC(C)C(=O)Oc2cc3ccccc3[nH]2)cc1. The minimum absolute atomic E-state index is 0.100. The molecular weight excluding hydrogens is 340 g/mol. The van der Waals surface area contributed by atoms with Crippen LogP contribution in [0.1, 0.15) is 12.5 Å². The van der Waals surface area contributed by atoms with E-state index in [1.165, 1.54) is 19.1 Å². The first-order valence-corrected chi connectivity index (χ1v) is 9.22. The highest BCUT2D eigenvalue weighted by Gasteiger charge is 2.23. The second-order valence-corrected chi connectivity index (χ2v) is 7.51. The smallest absolute Gasteiger partial charge is 0.330 e. The predicted octanol–water partition coefficient (Wildman–Crippen LogP) is 2.75. The Hall–Kier alpha value is -2.64. The highest BCUT2D eigenvalue weighted by Crippen LogP contribution is 2.20. The monoisotopic (exact) mass is 358 g/mol. The third kappa shape index (κ3) is 3.89. The molecule has 1 atom stereocenters. The first-order valence-electron chi connectivity index (χ1n) is 7.73. The molecule has 0 radical (unpaired) electrons. The number of aromatic amines is 1. The van der Waals surface area contributed by atoms with Gasteiger partial charge >= 0.3 is 5.97 Å². The molecule has 6 nitrogen and oxygen atoms in total. The highest BCUT2D eigenvalue weighted by atomic mass is 32.2. The summed E-state index contributed by atoms with van der Waals surface area (Å²) in [5, 5.41) is 0.901. The number of carbonyl (C=O) groups excluding carboxylic acids is 1. The number of nitrogens with one attached hydrogen (secondary N) is 2. The summed E-state index contributed by atoms with van der Waals surface area (Å²) in [4.78, 5) is 15.2. The maximum atomic E-state index is 12.3. The van der Waals surface area contributed by atoms with Crippen LogP contribution in [0.15, 0.2) is 59.5 Å². The van der Waals surface area contributed by atoms with Crippen LogP contribution >= 0.6 is 0 Å². The van der Waals surface area contributed by atoms with Crippen molar-refractivity contribution in [2.45, 2.75) is 24.8 Å². The molecule has 25 heavy (non-hydrogen) atoms. The van der Waals surface area contributed by atoms with E-state index >= 15 is 0 Å². The Morgan fingerprint density at radius 1 is 1.12 bits per heavy atom. The van der Waals surface area contributed by atoms with E-state index in [1.54, 1.807) is 18.2 Å². The van der Waals surface area contributed by atoms with Crippen LogP contribution < -0.4 is 9.46 Å². The summed E-state index contributed by atoms with van der Waals surface area (Å²) in [5.74, 6) is -0.421. The Morgan fingerprint density at radius 2 is 1.80 bits per heavy atom. The number of aromatic nitrogens is 1. The van der Waals surface area contributed by atoms with Crippen LogP contribution in [0.2, 0.25) is 0 Å². The minimum atomic E-state index is -3.80. The van der Waals surface area contributed by atoms with Crippen LogP contribution in [0, 0.1) is 6.92 Å². The van der Waals surface area contributed by atoms with Gasteiger partial charge in [0, 0.05) is 17.0 Å². The Bertz CT molecular complexity index is 974. The molecule has 0 spiro atoms. The first-order chi connectivity index (χ1) is 11.8. The first kappa shape index (κ1) is 17.2. The van der Waals surface area contributed by atoms with Gasteiger partial charge in [-0.1, -0.05) is 35.9 Å². The number of sulfonamides is 1. The van der Waals surface area contributed by atoms with Gasteiger partial charge in [0.1, 0.15) is 6.04 Å². The summed E-state index contributed by atoms with van der Waals surface area (Å²) in [6, 6.07) is 14.5.